The van der Waals surface area contributed by atoms with Gasteiger partial charge in [-0.25, -0.2) is 0 Å². The van der Waals surface area contributed by atoms with Crippen molar-refractivity contribution >= 4 is 5.91 Å². The number of nitrogens with zero attached hydrogens (tertiary/aromatic N) is 1. The highest BCUT2D eigenvalue weighted by atomic mass is 16.5. The van der Waals surface area contributed by atoms with Gasteiger partial charge in [-0.05, 0) is 50.8 Å². The third kappa shape index (κ3) is 3.25. The Hall–Kier alpha value is -1.51. The standard InChI is InChI=1S/C15H21NO2/c1-12-7-6-8-14(11-12)18-13(2)15(17)16-9-4-3-5-10-16/h6-8,11,13H,3-5,9-10H2,1-2H3/t13-/m0/s1. The molecule has 98 valence electrons. The molecule has 0 saturated carbocycles. The lowest BCUT2D eigenvalue weighted by Gasteiger charge is -2.29. The van der Waals surface area contributed by atoms with E-state index in [9.17, 15) is 4.79 Å². The second kappa shape index (κ2) is 5.89. The van der Waals surface area contributed by atoms with Crippen molar-refractivity contribution in [1.29, 1.82) is 0 Å². The third-order valence-electron chi connectivity index (χ3n) is 3.32. The number of carbonyl (C=O) groups is 1. The number of rotatable bonds is 3. The molecule has 0 unspecified atom stereocenters. The zero-order valence-corrected chi connectivity index (χ0v) is 11.2. The fraction of sp³-hybridized carbons (Fsp3) is 0.533. The number of aryl methyl sites for hydroxylation is 1. The summed E-state index contributed by atoms with van der Waals surface area (Å²) in [5.41, 5.74) is 1.14. The van der Waals surface area contributed by atoms with Crippen molar-refractivity contribution in [2.45, 2.75) is 39.2 Å². The molecule has 0 N–H and O–H groups in total. The van der Waals surface area contributed by atoms with Gasteiger partial charge >= 0.3 is 0 Å². The molecule has 1 aliphatic rings. The Morgan fingerprint density at radius 3 is 2.67 bits per heavy atom. The average Bonchev–Trinajstić information content (AvgIpc) is 2.39. The number of amides is 1. The van der Waals surface area contributed by atoms with E-state index in [1.54, 1.807) is 0 Å². The van der Waals surface area contributed by atoms with Crippen molar-refractivity contribution < 1.29 is 9.53 Å². The first kappa shape index (κ1) is 12.9. The van der Waals surface area contributed by atoms with Crippen molar-refractivity contribution in [1.82, 2.24) is 4.90 Å². The number of hydrogen-bond donors (Lipinski definition) is 0. The van der Waals surface area contributed by atoms with Crippen LogP contribution in [0.15, 0.2) is 24.3 Å². The van der Waals surface area contributed by atoms with Crippen LogP contribution in [-0.4, -0.2) is 30.0 Å². The highest BCUT2D eigenvalue weighted by Crippen LogP contribution is 2.16. The molecule has 3 heteroatoms. The van der Waals surface area contributed by atoms with Crippen LogP contribution < -0.4 is 4.74 Å². The lowest BCUT2D eigenvalue weighted by molar-refractivity contribution is -0.138. The van der Waals surface area contributed by atoms with Crippen LogP contribution in [0.3, 0.4) is 0 Å². The van der Waals surface area contributed by atoms with E-state index in [-0.39, 0.29) is 5.91 Å². The normalized spacial score (nSPS) is 17.3. The van der Waals surface area contributed by atoms with Gasteiger partial charge in [0.1, 0.15) is 5.75 Å². The summed E-state index contributed by atoms with van der Waals surface area (Å²) in [7, 11) is 0. The molecule has 1 aromatic carbocycles. The minimum Gasteiger partial charge on any atom is -0.481 e. The number of hydrogen-bond acceptors (Lipinski definition) is 2. The molecule has 18 heavy (non-hydrogen) atoms. The predicted molar refractivity (Wildman–Crippen MR) is 71.7 cm³/mol. The van der Waals surface area contributed by atoms with Gasteiger partial charge in [0.2, 0.25) is 0 Å². The minimum absolute atomic E-state index is 0.108. The largest absolute Gasteiger partial charge is 0.481 e. The Balaban J connectivity index is 1.94. The Morgan fingerprint density at radius 2 is 2.00 bits per heavy atom. The van der Waals surface area contributed by atoms with Crippen LogP contribution >= 0.6 is 0 Å². The van der Waals surface area contributed by atoms with Gasteiger partial charge in [-0.15, -0.1) is 0 Å². The Morgan fingerprint density at radius 1 is 1.28 bits per heavy atom. The summed E-state index contributed by atoms with van der Waals surface area (Å²) < 4.78 is 5.72. The molecule has 1 aliphatic heterocycles. The van der Waals surface area contributed by atoms with E-state index in [1.165, 1.54) is 6.42 Å². The number of ether oxygens (including phenoxy) is 1. The summed E-state index contributed by atoms with van der Waals surface area (Å²) in [5.74, 6) is 0.879. The van der Waals surface area contributed by atoms with E-state index in [0.717, 1.165) is 37.2 Å². The molecule has 0 bridgehead atoms. The fourth-order valence-corrected chi connectivity index (χ4v) is 2.31. The van der Waals surface area contributed by atoms with E-state index < -0.39 is 6.10 Å². The highest BCUT2D eigenvalue weighted by Gasteiger charge is 2.23. The quantitative estimate of drug-likeness (QED) is 0.822. The van der Waals surface area contributed by atoms with Gasteiger partial charge in [-0.3, -0.25) is 4.79 Å². The summed E-state index contributed by atoms with van der Waals surface area (Å²) in [5, 5.41) is 0. The molecule has 1 heterocycles. The first-order valence-electron chi connectivity index (χ1n) is 6.69. The van der Waals surface area contributed by atoms with Gasteiger partial charge in [-0.1, -0.05) is 12.1 Å². The van der Waals surface area contributed by atoms with E-state index in [2.05, 4.69) is 0 Å². The predicted octanol–water partition coefficient (Wildman–Crippen LogP) is 2.77. The molecule has 1 fully saturated rings. The molecule has 1 atom stereocenters. The second-order valence-corrected chi connectivity index (χ2v) is 4.96. The number of carbonyl (C=O) groups excluding carboxylic acids is 1. The van der Waals surface area contributed by atoms with Crippen molar-refractivity contribution in [2.24, 2.45) is 0 Å². The maximum absolute atomic E-state index is 12.2. The van der Waals surface area contributed by atoms with Crippen molar-refractivity contribution in [3.8, 4) is 5.75 Å². The van der Waals surface area contributed by atoms with Crippen LogP contribution in [-0.2, 0) is 4.79 Å². The van der Waals surface area contributed by atoms with Gasteiger partial charge < -0.3 is 9.64 Å². The minimum atomic E-state index is -0.398. The summed E-state index contributed by atoms with van der Waals surface area (Å²) in [6, 6.07) is 7.82. The van der Waals surface area contributed by atoms with Gasteiger partial charge in [0.25, 0.3) is 5.91 Å². The smallest absolute Gasteiger partial charge is 0.263 e. The van der Waals surface area contributed by atoms with Crippen molar-refractivity contribution in [3.05, 3.63) is 29.8 Å². The van der Waals surface area contributed by atoms with Gasteiger partial charge in [-0.2, -0.15) is 0 Å². The van der Waals surface area contributed by atoms with E-state index in [1.807, 2.05) is 43.0 Å². The summed E-state index contributed by atoms with van der Waals surface area (Å²) in [6.07, 6.45) is 3.06. The Kier molecular flexibility index (Phi) is 4.24. The average molecular weight is 247 g/mol. The van der Waals surface area contributed by atoms with Crippen LogP contribution in [0.2, 0.25) is 0 Å². The Bertz CT molecular complexity index is 411. The Labute approximate surface area is 109 Å². The maximum Gasteiger partial charge on any atom is 0.263 e. The number of benzene rings is 1. The zero-order chi connectivity index (χ0) is 13.0. The molecule has 0 aromatic heterocycles. The van der Waals surface area contributed by atoms with E-state index >= 15 is 0 Å². The van der Waals surface area contributed by atoms with Gasteiger partial charge in [0.05, 0.1) is 0 Å². The monoisotopic (exact) mass is 247 g/mol. The molecule has 1 amide bonds. The molecular formula is C15H21NO2. The van der Waals surface area contributed by atoms with E-state index in [4.69, 9.17) is 4.74 Å². The summed E-state index contributed by atoms with van der Waals surface area (Å²) in [6.45, 7) is 5.60. The fourth-order valence-electron chi connectivity index (χ4n) is 2.31. The number of likely N-dealkylation sites (tertiary alicyclic amines) is 1. The van der Waals surface area contributed by atoms with Crippen LogP contribution in [0.1, 0.15) is 31.7 Å². The molecule has 1 saturated heterocycles. The maximum atomic E-state index is 12.2. The van der Waals surface area contributed by atoms with Crippen LogP contribution in [0, 0.1) is 6.92 Å². The van der Waals surface area contributed by atoms with Crippen LogP contribution in [0.4, 0.5) is 0 Å². The lowest BCUT2D eigenvalue weighted by atomic mass is 10.1. The molecule has 1 aromatic rings. The topological polar surface area (TPSA) is 29.5 Å². The van der Waals surface area contributed by atoms with Gasteiger partial charge in [0.15, 0.2) is 6.10 Å². The lowest BCUT2D eigenvalue weighted by Crippen LogP contribution is -2.43. The zero-order valence-electron chi connectivity index (χ0n) is 11.2. The molecule has 2 rings (SSSR count). The third-order valence-corrected chi connectivity index (χ3v) is 3.32. The molecule has 0 radical (unpaired) electrons. The van der Waals surface area contributed by atoms with E-state index in [0.29, 0.717) is 0 Å². The first-order valence-corrected chi connectivity index (χ1v) is 6.69. The SMILES string of the molecule is Cc1cccc(O[C@@H](C)C(=O)N2CCCCC2)c1. The summed E-state index contributed by atoms with van der Waals surface area (Å²) in [4.78, 5) is 14.1. The molecule has 0 spiro atoms. The first-order chi connectivity index (χ1) is 8.66. The molecule has 3 nitrogen and oxygen atoms in total. The molecular weight excluding hydrogens is 226 g/mol. The van der Waals surface area contributed by atoms with Crippen LogP contribution in [0.5, 0.6) is 5.75 Å². The van der Waals surface area contributed by atoms with Crippen molar-refractivity contribution in [2.75, 3.05) is 13.1 Å². The van der Waals surface area contributed by atoms with Gasteiger partial charge in [0, 0.05) is 13.1 Å². The molecule has 0 aliphatic carbocycles. The number of piperidine rings is 1. The second-order valence-electron chi connectivity index (χ2n) is 4.96. The highest BCUT2D eigenvalue weighted by molar-refractivity contribution is 5.81. The van der Waals surface area contributed by atoms with Crippen molar-refractivity contribution in [3.63, 3.8) is 0 Å². The van der Waals surface area contributed by atoms with Crippen LogP contribution in [0.25, 0.3) is 0 Å². The summed E-state index contributed by atoms with van der Waals surface area (Å²) >= 11 is 0.